The SMILES string of the molecule is CCOc1ccccc1Cc1nc(NC2CCOC(C)(C)C2)c(C=N)c(=O)[nH]1. The number of nitrogens with zero attached hydrogens (tertiary/aromatic N) is 1. The predicted molar refractivity (Wildman–Crippen MR) is 110 cm³/mol. The van der Waals surface area contributed by atoms with Crippen molar-refractivity contribution >= 4 is 12.0 Å². The van der Waals surface area contributed by atoms with Crippen molar-refractivity contribution in [2.45, 2.75) is 51.7 Å². The lowest BCUT2D eigenvalue weighted by Crippen LogP contribution is -2.40. The molecule has 0 bridgehead atoms. The highest BCUT2D eigenvalue weighted by molar-refractivity contribution is 5.83. The molecule has 1 unspecified atom stereocenters. The summed E-state index contributed by atoms with van der Waals surface area (Å²) in [4.78, 5) is 19.9. The number of hydrogen-bond donors (Lipinski definition) is 3. The number of aromatic nitrogens is 2. The third-order valence-electron chi connectivity index (χ3n) is 4.82. The summed E-state index contributed by atoms with van der Waals surface area (Å²) >= 11 is 0. The van der Waals surface area contributed by atoms with Gasteiger partial charge in [0.2, 0.25) is 0 Å². The minimum absolute atomic E-state index is 0.139. The molecule has 150 valence electrons. The van der Waals surface area contributed by atoms with Crippen LogP contribution in [0.3, 0.4) is 0 Å². The van der Waals surface area contributed by atoms with E-state index in [-0.39, 0.29) is 22.8 Å². The monoisotopic (exact) mass is 384 g/mol. The van der Waals surface area contributed by atoms with Crippen LogP contribution in [-0.4, -0.2) is 41.0 Å². The van der Waals surface area contributed by atoms with Crippen LogP contribution in [0.15, 0.2) is 29.1 Å². The van der Waals surface area contributed by atoms with Crippen LogP contribution in [0.5, 0.6) is 5.75 Å². The number of para-hydroxylation sites is 1. The molecule has 1 aliphatic rings. The Morgan fingerprint density at radius 3 is 2.93 bits per heavy atom. The average Bonchev–Trinajstić information content (AvgIpc) is 2.63. The lowest BCUT2D eigenvalue weighted by molar-refractivity contribution is -0.0553. The summed E-state index contributed by atoms with van der Waals surface area (Å²) in [5.74, 6) is 1.77. The number of benzene rings is 1. The van der Waals surface area contributed by atoms with Gasteiger partial charge in [0.15, 0.2) is 0 Å². The largest absolute Gasteiger partial charge is 0.494 e. The molecule has 2 aromatic rings. The van der Waals surface area contributed by atoms with Crippen LogP contribution in [0.1, 0.15) is 50.6 Å². The third-order valence-corrected chi connectivity index (χ3v) is 4.82. The first-order valence-electron chi connectivity index (χ1n) is 9.66. The Kier molecular flexibility index (Phi) is 6.14. The van der Waals surface area contributed by atoms with E-state index in [1.54, 1.807) is 0 Å². The topological polar surface area (TPSA) is 100 Å². The molecule has 7 heteroatoms. The average molecular weight is 384 g/mol. The van der Waals surface area contributed by atoms with Crippen LogP contribution in [0, 0.1) is 5.41 Å². The second-order valence-electron chi connectivity index (χ2n) is 7.58. The molecule has 2 heterocycles. The van der Waals surface area contributed by atoms with Crippen LogP contribution >= 0.6 is 0 Å². The van der Waals surface area contributed by atoms with Crippen LogP contribution in [-0.2, 0) is 11.2 Å². The molecule has 1 saturated heterocycles. The van der Waals surface area contributed by atoms with Crippen molar-refractivity contribution < 1.29 is 9.47 Å². The number of rotatable bonds is 7. The summed E-state index contributed by atoms with van der Waals surface area (Å²) in [6.07, 6.45) is 3.13. The van der Waals surface area contributed by atoms with Gasteiger partial charge in [0.1, 0.15) is 17.4 Å². The quantitative estimate of drug-likeness (QED) is 0.637. The zero-order valence-electron chi connectivity index (χ0n) is 16.7. The van der Waals surface area contributed by atoms with Gasteiger partial charge in [-0.2, -0.15) is 0 Å². The predicted octanol–water partition coefficient (Wildman–Crippen LogP) is 3.13. The Bertz CT molecular complexity index is 891. The normalized spacial score (nSPS) is 18.5. The maximum atomic E-state index is 12.5. The molecule has 28 heavy (non-hydrogen) atoms. The van der Waals surface area contributed by atoms with Gasteiger partial charge in [-0.15, -0.1) is 0 Å². The molecule has 3 rings (SSSR count). The third kappa shape index (κ3) is 4.78. The van der Waals surface area contributed by atoms with E-state index in [1.807, 2.05) is 31.2 Å². The van der Waals surface area contributed by atoms with Crippen LogP contribution in [0.4, 0.5) is 5.82 Å². The highest BCUT2D eigenvalue weighted by Crippen LogP contribution is 2.26. The van der Waals surface area contributed by atoms with Crippen molar-refractivity contribution in [1.82, 2.24) is 9.97 Å². The summed E-state index contributed by atoms with van der Waals surface area (Å²) in [5, 5.41) is 11.0. The first-order valence-corrected chi connectivity index (χ1v) is 9.66. The van der Waals surface area contributed by atoms with Crippen molar-refractivity contribution in [1.29, 1.82) is 5.41 Å². The van der Waals surface area contributed by atoms with Crippen molar-refractivity contribution in [3.63, 3.8) is 0 Å². The molecular weight excluding hydrogens is 356 g/mol. The van der Waals surface area contributed by atoms with E-state index in [9.17, 15) is 4.79 Å². The molecule has 1 aliphatic heterocycles. The molecule has 0 aliphatic carbocycles. The molecule has 3 N–H and O–H groups in total. The van der Waals surface area contributed by atoms with Gasteiger partial charge in [0, 0.05) is 30.8 Å². The number of hydrogen-bond acceptors (Lipinski definition) is 6. The number of nitrogens with one attached hydrogen (secondary N) is 3. The summed E-state index contributed by atoms with van der Waals surface area (Å²) < 4.78 is 11.4. The van der Waals surface area contributed by atoms with Gasteiger partial charge >= 0.3 is 0 Å². The van der Waals surface area contributed by atoms with Crippen molar-refractivity contribution in [2.24, 2.45) is 0 Å². The Balaban J connectivity index is 1.88. The number of aromatic amines is 1. The van der Waals surface area contributed by atoms with Crippen molar-refractivity contribution in [3.8, 4) is 5.75 Å². The smallest absolute Gasteiger partial charge is 0.261 e. The van der Waals surface area contributed by atoms with Crippen LogP contribution < -0.4 is 15.6 Å². The lowest BCUT2D eigenvalue weighted by Gasteiger charge is -2.36. The van der Waals surface area contributed by atoms with Gasteiger partial charge in [-0.25, -0.2) is 4.98 Å². The van der Waals surface area contributed by atoms with Gasteiger partial charge in [0.05, 0.1) is 17.8 Å². The molecule has 0 amide bonds. The molecule has 0 spiro atoms. The first-order chi connectivity index (χ1) is 13.4. The highest BCUT2D eigenvalue weighted by Gasteiger charge is 2.29. The van der Waals surface area contributed by atoms with Crippen LogP contribution in [0.2, 0.25) is 0 Å². The molecule has 0 saturated carbocycles. The highest BCUT2D eigenvalue weighted by atomic mass is 16.5. The maximum Gasteiger partial charge on any atom is 0.261 e. The van der Waals surface area contributed by atoms with Crippen LogP contribution in [0.25, 0.3) is 0 Å². The molecular formula is C21H28N4O3. The second-order valence-corrected chi connectivity index (χ2v) is 7.58. The zero-order valence-corrected chi connectivity index (χ0v) is 16.7. The summed E-state index contributed by atoms with van der Waals surface area (Å²) in [6.45, 7) is 7.27. The molecule has 0 radical (unpaired) electrons. The standard InChI is InChI=1S/C21H28N4O3/c1-4-27-17-8-6-5-7-14(17)11-18-24-19(16(13-22)20(26)25-18)23-15-9-10-28-21(2,3)12-15/h5-8,13,15,22H,4,9-12H2,1-3H3,(H2,23,24,25,26). The van der Waals surface area contributed by atoms with Gasteiger partial charge in [-0.05, 0) is 39.7 Å². The van der Waals surface area contributed by atoms with E-state index >= 15 is 0 Å². The molecule has 7 nitrogen and oxygen atoms in total. The fourth-order valence-electron chi connectivity index (χ4n) is 3.53. The van der Waals surface area contributed by atoms with Crippen molar-refractivity contribution in [2.75, 3.05) is 18.5 Å². The zero-order chi connectivity index (χ0) is 20.1. The number of H-pyrrole nitrogens is 1. The number of anilines is 1. The summed E-state index contributed by atoms with van der Waals surface area (Å²) in [7, 11) is 0. The Morgan fingerprint density at radius 2 is 2.21 bits per heavy atom. The van der Waals surface area contributed by atoms with E-state index < -0.39 is 0 Å². The second kappa shape index (κ2) is 8.56. The molecule has 1 fully saturated rings. The Hall–Kier alpha value is -2.67. The molecule has 1 aromatic heterocycles. The van der Waals surface area contributed by atoms with Crippen molar-refractivity contribution in [3.05, 3.63) is 51.6 Å². The summed E-state index contributed by atoms with van der Waals surface area (Å²) in [5.41, 5.74) is 0.656. The van der Waals surface area contributed by atoms with E-state index in [0.29, 0.717) is 31.3 Å². The van der Waals surface area contributed by atoms with E-state index in [1.165, 1.54) is 0 Å². The Labute approximate surface area is 165 Å². The van der Waals surface area contributed by atoms with E-state index in [0.717, 1.165) is 30.4 Å². The minimum atomic E-state index is -0.317. The maximum absolute atomic E-state index is 12.5. The molecule has 1 atom stereocenters. The number of ether oxygens (including phenoxy) is 2. The van der Waals surface area contributed by atoms with Gasteiger partial charge in [-0.1, -0.05) is 18.2 Å². The van der Waals surface area contributed by atoms with E-state index in [2.05, 4.69) is 29.1 Å². The van der Waals surface area contributed by atoms with Gasteiger partial charge in [0.25, 0.3) is 5.56 Å². The minimum Gasteiger partial charge on any atom is -0.494 e. The summed E-state index contributed by atoms with van der Waals surface area (Å²) in [6, 6.07) is 7.87. The molecule has 1 aromatic carbocycles. The lowest BCUT2D eigenvalue weighted by atomic mass is 9.94. The Morgan fingerprint density at radius 1 is 1.43 bits per heavy atom. The first kappa shape index (κ1) is 20.1. The fourth-order valence-corrected chi connectivity index (χ4v) is 3.53. The fraction of sp³-hybridized carbons (Fsp3) is 0.476. The van der Waals surface area contributed by atoms with Gasteiger partial charge < -0.3 is 25.2 Å². The van der Waals surface area contributed by atoms with Gasteiger partial charge in [-0.3, -0.25) is 4.79 Å². The van der Waals surface area contributed by atoms with E-state index in [4.69, 9.17) is 14.9 Å².